The summed E-state index contributed by atoms with van der Waals surface area (Å²) < 4.78 is 0. The standard InChI is InChI=1S/C15H30N2O/c1-15(2,3)11-5-6-14(18)17(4)13-9-7-12(16)8-10-13/h12-13H,5-11,16H2,1-4H3. The summed E-state index contributed by atoms with van der Waals surface area (Å²) in [6.07, 6.45) is 7.07. The lowest BCUT2D eigenvalue weighted by Gasteiger charge is -2.33. The quantitative estimate of drug-likeness (QED) is 0.838. The van der Waals surface area contributed by atoms with Gasteiger partial charge in [-0.05, 0) is 43.9 Å². The molecule has 0 aliphatic heterocycles. The first-order valence-electron chi connectivity index (χ1n) is 7.31. The van der Waals surface area contributed by atoms with E-state index < -0.39 is 0 Å². The van der Waals surface area contributed by atoms with Crippen molar-refractivity contribution >= 4 is 5.91 Å². The number of amides is 1. The van der Waals surface area contributed by atoms with Gasteiger partial charge >= 0.3 is 0 Å². The SMILES string of the molecule is CN(C(=O)CCCC(C)(C)C)C1CCC(N)CC1. The van der Waals surface area contributed by atoms with Gasteiger partial charge in [0.25, 0.3) is 0 Å². The van der Waals surface area contributed by atoms with E-state index in [0.29, 0.717) is 29.8 Å². The fourth-order valence-corrected chi connectivity index (χ4v) is 2.64. The minimum atomic E-state index is 0.305. The van der Waals surface area contributed by atoms with Crippen molar-refractivity contribution in [3.63, 3.8) is 0 Å². The molecule has 0 saturated heterocycles. The van der Waals surface area contributed by atoms with Crippen molar-refractivity contribution in [3.05, 3.63) is 0 Å². The lowest BCUT2D eigenvalue weighted by atomic mass is 9.89. The van der Waals surface area contributed by atoms with Crippen molar-refractivity contribution in [2.45, 2.75) is 77.8 Å². The fraction of sp³-hybridized carbons (Fsp3) is 0.933. The Morgan fingerprint density at radius 1 is 1.22 bits per heavy atom. The Kier molecular flexibility index (Phi) is 5.64. The molecule has 3 heteroatoms. The maximum absolute atomic E-state index is 12.1. The van der Waals surface area contributed by atoms with E-state index in [0.717, 1.165) is 38.5 Å². The van der Waals surface area contributed by atoms with E-state index in [1.165, 1.54) is 0 Å². The van der Waals surface area contributed by atoms with Gasteiger partial charge in [0.05, 0.1) is 0 Å². The maximum atomic E-state index is 12.1. The summed E-state index contributed by atoms with van der Waals surface area (Å²) in [4.78, 5) is 14.1. The largest absolute Gasteiger partial charge is 0.343 e. The molecule has 1 saturated carbocycles. The van der Waals surface area contributed by atoms with Crippen molar-refractivity contribution in [3.8, 4) is 0 Å². The molecule has 1 aliphatic carbocycles. The third-order valence-corrected chi connectivity index (χ3v) is 4.00. The topological polar surface area (TPSA) is 46.3 Å². The van der Waals surface area contributed by atoms with Gasteiger partial charge in [0, 0.05) is 25.6 Å². The van der Waals surface area contributed by atoms with E-state index in [2.05, 4.69) is 20.8 Å². The van der Waals surface area contributed by atoms with E-state index in [1.54, 1.807) is 0 Å². The van der Waals surface area contributed by atoms with Crippen LogP contribution in [-0.4, -0.2) is 29.9 Å². The maximum Gasteiger partial charge on any atom is 0.222 e. The molecular formula is C15H30N2O. The average molecular weight is 254 g/mol. The Bertz CT molecular complexity index is 262. The smallest absolute Gasteiger partial charge is 0.222 e. The Labute approximate surface area is 112 Å². The second-order valence-electron chi connectivity index (χ2n) is 6.99. The molecule has 1 amide bonds. The van der Waals surface area contributed by atoms with Crippen molar-refractivity contribution in [1.29, 1.82) is 0 Å². The molecule has 18 heavy (non-hydrogen) atoms. The van der Waals surface area contributed by atoms with Gasteiger partial charge in [0.1, 0.15) is 0 Å². The third-order valence-electron chi connectivity index (χ3n) is 4.00. The lowest BCUT2D eigenvalue weighted by Crippen LogP contribution is -2.41. The molecular weight excluding hydrogens is 224 g/mol. The second-order valence-corrected chi connectivity index (χ2v) is 6.99. The zero-order chi connectivity index (χ0) is 13.8. The molecule has 3 nitrogen and oxygen atoms in total. The van der Waals surface area contributed by atoms with Crippen LogP contribution in [0.4, 0.5) is 0 Å². The van der Waals surface area contributed by atoms with E-state index in [4.69, 9.17) is 5.73 Å². The van der Waals surface area contributed by atoms with Crippen LogP contribution in [0.25, 0.3) is 0 Å². The predicted octanol–water partition coefficient (Wildman–Crippen LogP) is 2.93. The molecule has 0 radical (unpaired) electrons. The van der Waals surface area contributed by atoms with Crippen LogP contribution in [0.15, 0.2) is 0 Å². The molecule has 0 aromatic heterocycles. The van der Waals surface area contributed by atoms with E-state index in [9.17, 15) is 4.79 Å². The Morgan fingerprint density at radius 3 is 2.28 bits per heavy atom. The molecule has 2 N–H and O–H groups in total. The van der Waals surface area contributed by atoms with Gasteiger partial charge in [-0.3, -0.25) is 4.79 Å². The number of nitrogens with zero attached hydrogens (tertiary/aromatic N) is 1. The molecule has 106 valence electrons. The van der Waals surface area contributed by atoms with E-state index in [-0.39, 0.29) is 0 Å². The van der Waals surface area contributed by atoms with Crippen LogP contribution in [0.2, 0.25) is 0 Å². The molecule has 0 aromatic rings. The highest BCUT2D eigenvalue weighted by Gasteiger charge is 2.24. The first-order chi connectivity index (χ1) is 8.29. The van der Waals surface area contributed by atoms with Gasteiger partial charge in [-0.2, -0.15) is 0 Å². The number of carbonyl (C=O) groups excluding carboxylic acids is 1. The first kappa shape index (κ1) is 15.5. The molecule has 0 atom stereocenters. The number of carbonyl (C=O) groups is 1. The van der Waals surface area contributed by atoms with Crippen LogP contribution >= 0.6 is 0 Å². The van der Waals surface area contributed by atoms with Crippen LogP contribution in [0.3, 0.4) is 0 Å². The average Bonchev–Trinajstić information content (AvgIpc) is 2.27. The molecule has 0 spiro atoms. The predicted molar refractivity (Wildman–Crippen MR) is 76.3 cm³/mol. The fourth-order valence-electron chi connectivity index (χ4n) is 2.64. The van der Waals surface area contributed by atoms with Gasteiger partial charge in [-0.25, -0.2) is 0 Å². The van der Waals surface area contributed by atoms with Crippen LogP contribution in [-0.2, 0) is 4.79 Å². The Balaban J connectivity index is 2.28. The van der Waals surface area contributed by atoms with Gasteiger partial charge < -0.3 is 10.6 Å². The van der Waals surface area contributed by atoms with Crippen LogP contribution < -0.4 is 5.73 Å². The minimum absolute atomic E-state index is 0.305. The summed E-state index contributed by atoms with van der Waals surface area (Å²) in [7, 11) is 1.96. The van der Waals surface area contributed by atoms with Gasteiger partial charge in [0.15, 0.2) is 0 Å². The van der Waals surface area contributed by atoms with Gasteiger partial charge in [0.2, 0.25) is 5.91 Å². The summed E-state index contributed by atoms with van der Waals surface area (Å²) in [5.74, 6) is 0.305. The molecule has 0 bridgehead atoms. The number of hydrogen-bond acceptors (Lipinski definition) is 2. The van der Waals surface area contributed by atoms with Crippen molar-refractivity contribution < 1.29 is 4.79 Å². The summed E-state index contributed by atoms with van der Waals surface area (Å²) >= 11 is 0. The third kappa shape index (κ3) is 5.38. The highest BCUT2D eigenvalue weighted by atomic mass is 16.2. The zero-order valence-electron chi connectivity index (χ0n) is 12.5. The van der Waals surface area contributed by atoms with Crippen LogP contribution in [0.5, 0.6) is 0 Å². The molecule has 0 unspecified atom stereocenters. The normalized spacial score (nSPS) is 24.9. The summed E-state index contributed by atoms with van der Waals surface area (Å²) in [5, 5.41) is 0. The monoisotopic (exact) mass is 254 g/mol. The van der Waals surface area contributed by atoms with Crippen LogP contribution in [0, 0.1) is 5.41 Å². The van der Waals surface area contributed by atoms with E-state index in [1.807, 2.05) is 11.9 Å². The molecule has 0 heterocycles. The summed E-state index contributed by atoms with van der Waals surface area (Å²) in [6, 6.07) is 0.776. The van der Waals surface area contributed by atoms with Gasteiger partial charge in [-0.15, -0.1) is 0 Å². The minimum Gasteiger partial charge on any atom is -0.343 e. The summed E-state index contributed by atoms with van der Waals surface area (Å²) in [5.41, 5.74) is 6.23. The number of nitrogens with two attached hydrogens (primary N) is 1. The number of rotatable bonds is 4. The molecule has 0 aromatic carbocycles. The van der Waals surface area contributed by atoms with Crippen LogP contribution in [0.1, 0.15) is 65.7 Å². The molecule has 1 fully saturated rings. The highest BCUT2D eigenvalue weighted by Crippen LogP contribution is 2.24. The highest BCUT2D eigenvalue weighted by molar-refractivity contribution is 5.76. The lowest BCUT2D eigenvalue weighted by molar-refractivity contribution is -0.132. The number of hydrogen-bond donors (Lipinski definition) is 1. The Hall–Kier alpha value is -0.570. The Morgan fingerprint density at radius 2 is 1.78 bits per heavy atom. The van der Waals surface area contributed by atoms with E-state index >= 15 is 0 Å². The molecule has 1 rings (SSSR count). The second kappa shape index (κ2) is 6.55. The zero-order valence-corrected chi connectivity index (χ0v) is 12.5. The molecule has 1 aliphatic rings. The van der Waals surface area contributed by atoms with Crippen molar-refractivity contribution in [2.75, 3.05) is 7.05 Å². The van der Waals surface area contributed by atoms with Gasteiger partial charge in [-0.1, -0.05) is 20.8 Å². The van der Waals surface area contributed by atoms with Crippen molar-refractivity contribution in [2.24, 2.45) is 11.1 Å². The first-order valence-corrected chi connectivity index (χ1v) is 7.31. The van der Waals surface area contributed by atoms with Crippen molar-refractivity contribution in [1.82, 2.24) is 4.90 Å². The summed E-state index contributed by atoms with van der Waals surface area (Å²) in [6.45, 7) is 6.68.